The Balaban J connectivity index is 1.48. The molecule has 0 bridgehead atoms. The molecule has 1 fully saturated rings. The van der Waals surface area contributed by atoms with E-state index in [9.17, 15) is 4.79 Å². The number of ether oxygens (including phenoxy) is 2. The summed E-state index contributed by atoms with van der Waals surface area (Å²) in [5.41, 5.74) is 2.99. The highest BCUT2D eigenvalue weighted by molar-refractivity contribution is 7.80. The lowest BCUT2D eigenvalue weighted by molar-refractivity contribution is -0.114. The van der Waals surface area contributed by atoms with E-state index in [4.69, 9.17) is 33.3 Å². The molecule has 1 aliphatic heterocycles. The second-order valence-electron chi connectivity index (χ2n) is 7.39. The first kappa shape index (κ1) is 22.8. The van der Waals surface area contributed by atoms with Crippen LogP contribution in [0.2, 0.25) is 5.02 Å². The molecule has 0 N–H and O–H groups in total. The highest BCUT2D eigenvalue weighted by atomic mass is 35.5. The zero-order valence-corrected chi connectivity index (χ0v) is 19.9. The van der Waals surface area contributed by atoms with Crippen LogP contribution in [-0.4, -0.2) is 29.6 Å². The predicted molar refractivity (Wildman–Crippen MR) is 136 cm³/mol. The first-order valence-corrected chi connectivity index (χ1v) is 11.3. The molecule has 0 unspecified atom stereocenters. The Bertz CT molecular complexity index is 1190. The molecule has 33 heavy (non-hydrogen) atoms. The van der Waals surface area contributed by atoms with Crippen LogP contribution >= 0.6 is 23.8 Å². The van der Waals surface area contributed by atoms with Crippen molar-refractivity contribution in [1.82, 2.24) is 4.90 Å². The van der Waals surface area contributed by atoms with E-state index in [0.717, 1.165) is 22.6 Å². The molecule has 0 aromatic heterocycles. The van der Waals surface area contributed by atoms with E-state index in [1.165, 1.54) is 4.90 Å². The fraction of sp³-hybridized carbons (Fsp3) is 0.154. The number of carbonyl (C=O) groups excluding carboxylic acids is 1. The van der Waals surface area contributed by atoms with Crippen LogP contribution in [0.3, 0.4) is 0 Å². The molecule has 0 spiro atoms. The van der Waals surface area contributed by atoms with E-state index >= 15 is 0 Å². The summed E-state index contributed by atoms with van der Waals surface area (Å²) in [5.74, 6) is 1.29. The third-order valence-electron chi connectivity index (χ3n) is 5.20. The number of benzene rings is 3. The number of hydrogen-bond donors (Lipinski definition) is 0. The van der Waals surface area contributed by atoms with Crippen molar-refractivity contribution >= 4 is 46.6 Å². The molecule has 1 saturated heterocycles. The van der Waals surface area contributed by atoms with Gasteiger partial charge in [-0.05, 0) is 73.2 Å². The smallest absolute Gasteiger partial charge is 0.281 e. The summed E-state index contributed by atoms with van der Waals surface area (Å²) in [6, 6.07) is 22.4. The second kappa shape index (κ2) is 10.1. The Kier molecular flexibility index (Phi) is 6.96. The van der Waals surface area contributed by atoms with Crippen LogP contribution in [-0.2, 0) is 11.4 Å². The number of amides is 1. The summed E-state index contributed by atoms with van der Waals surface area (Å²) in [6.07, 6.45) is 1.82. The fourth-order valence-corrected chi connectivity index (χ4v) is 3.91. The average Bonchev–Trinajstić information content (AvgIpc) is 3.03. The summed E-state index contributed by atoms with van der Waals surface area (Å²) >= 11 is 11.7. The number of halogens is 1. The van der Waals surface area contributed by atoms with Gasteiger partial charge in [0, 0.05) is 17.6 Å². The molecule has 1 amide bonds. The summed E-state index contributed by atoms with van der Waals surface area (Å²) in [5, 5.41) is 1.10. The van der Waals surface area contributed by atoms with Crippen molar-refractivity contribution in [2.45, 2.75) is 13.5 Å². The summed E-state index contributed by atoms with van der Waals surface area (Å²) < 4.78 is 11.3. The predicted octanol–water partition coefficient (Wildman–Crippen LogP) is 5.92. The minimum atomic E-state index is -0.175. The molecular formula is C26H23ClN2O3S. The molecule has 1 aliphatic rings. The van der Waals surface area contributed by atoms with Crippen molar-refractivity contribution in [1.29, 1.82) is 0 Å². The van der Waals surface area contributed by atoms with Gasteiger partial charge in [-0.15, -0.1) is 0 Å². The molecule has 5 nitrogen and oxygen atoms in total. The zero-order valence-electron chi connectivity index (χ0n) is 18.3. The summed E-state index contributed by atoms with van der Waals surface area (Å²) in [4.78, 5) is 16.4. The van der Waals surface area contributed by atoms with Crippen LogP contribution in [0, 0.1) is 0 Å². The first-order chi connectivity index (χ1) is 16.0. The van der Waals surface area contributed by atoms with Gasteiger partial charge in [-0.25, -0.2) is 0 Å². The monoisotopic (exact) mass is 478 g/mol. The van der Waals surface area contributed by atoms with Gasteiger partial charge in [0.1, 0.15) is 23.8 Å². The number of thiocarbonyl (C=S) groups is 1. The molecular weight excluding hydrogens is 456 g/mol. The molecule has 0 radical (unpaired) electrons. The minimum absolute atomic E-state index is 0.175. The number of anilines is 1. The number of likely N-dealkylation sites (N-methyl/N-ethyl adjacent to an activating group) is 1. The lowest BCUT2D eigenvalue weighted by Crippen LogP contribution is -2.31. The number of rotatable bonds is 7. The van der Waals surface area contributed by atoms with Crippen LogP contribution in [0.15, 0.2) is 78.5 Å². The van der Waals surface area contributed by atoms with Gasteiger partial charge in [0.15, 0.2) is 5.11 Å². The molecule has 168 valence electrons. The van der Waals surface area contributed by atoms with Crippen LogP contribution in [0.5, 0.6) is 11.5 Å². The Morgan fingerprint density at radius 3 is 2.24 bits per heavy atom. The Morgan fingerprint density at radius 2 is 1.58 bits per heavy atom. The van der Waals surface area contributed by atoms with Crippen molar-refractivity contribution < 1.29 is 14.3 Å². The topological polar surface area (TPSA) is 42.0 Å². The van der Waals surface area contributed by atoms with E-state index in [2.05, 4.69) is 0 Å². The van der Waals surface area contributed by atoms with Gasteiger partial charge in [0.25, 0.3) is 5.91 Å². The molecule has 3 aromatic carbocycles. The van der Waals surface area contributed by atoms with E-state index in [1.807, 2.05) is 85.8 Å². The number of nitrogens with zero attached hydrogens (tertiary/aromatic N) is 2. The van der Waals surface area contributed by atoms with Crippen LogP contribution in [0.1, 0.15) is 18.1 Å². The van der Waals surface area contributed by atoms with Gasteiger partial charge >= 0.3 is 0 Å². The van der Waals surface area contributed by atoms with Crippen LogP contribution in [0.4, 0.5) is 5.69 Å². The molecule has 0 atom stereocenters. The van der Waals surface area contributed by atoms with E-state index in [-0.39, 0.29) is 5.91 Å². The maximum atomic E-state index is 13.2. The Hall–Kier alpha value is -3.35. The van der Waals surface area contributed by atoms with Crippen LogP contribution in [0.25, 0.3) is 6.08 Å². The standard InChI is InChI=1S/C26H23ClN2O3S/c1-3-31-21-14-10-20(11-15-21)29-25(30)24(28(2)26(29)33)16-18-8-12-22(13-9-18)32-17-19-6-4-5-7-23(19)27/h4-16H,3,17H2,1-2H3/b24-16-. The third kappa shape index (κ3) is 5.02. The van der Waals surface area contributed by atoms with Crippen molar-refractivity contribution in [2.24, 2.45) is 0 Å². The first-order valence-electron chi connectivity index (χ1n) is 10.5. The maximum absolute atomic E-state index is 13.2. The maximum Gasteiger partial charge on any atom is 0.281 e. The van der Waals surface area contributed by atoms with Gasteiger partial charge < -0.3 is 14.4 Å². The van der Waals surface area contributed by atoms with Gasteiger partial charge in [0.2, 0.25) is 0 Å². The lowest BCUT2D eigenvalue weighted by Gasteiger charge is -2.16. The number of carbonyl (C=O) groups is 1. The van der Waals surface area contributed by atoms with Crippen molar-refractivity contribution in [3.63, 3.8) is 0 Å². The van der Waals surface area contributed by atoms with Crippen molar-refractivity contribution in [3.05, 3.63) is 94.6 Å². The minimum Gasteiger partial charge on any atom is -0.494 e. The Morgan fingerprint density at radius 1 is 0.939 bits per heavy atom. The van der Waals surface area contributed by atoms with Crippen molar-refractivity contribution in [2.75, 3.05) is 18.6 Å². The highest BCUT2D eigenvalue weighted by Gasteiger charge is 2.36. The Labute approximate surface area is 203 Å². The third-order valence-corrected chi connectivity index (χ3v) is 6.03. The molecule has 0 saturated carbocycles. The van der Waals surface area contributed by atoms with Gasteiger partial charge in [-0.2, -0.15) is 0 Å². The van der Waals surface area contributed by atoms with E-state index in [0.29, 0.717) is 34.7 Å². The molecule has 1 heterocycles. The summed E-state index contributed by atoms with van der Waals surface area (Å²) in [7, 11) is 1.79. The lowest BCUT2D eigenvalue weighted by atomic mass is 10.1. The highest BCUT2D eigenvalue weighted by Crippen LogP contribution is 2.29. The largest absolute Gasteiger partial charge is 0.494 e. The summed E-state index contributed by atoms with van der Waals surface area (Å²) in [6.45, 7) is 2.89. The van der Waals surface area contributed by atoms with E-state index < -0.39 is 0 Å². The molecule has 7 heteroatoms. The van der Waals surface area contributed by atoms with Gasteiger partial charge in [0.05, 0.1) is 12.3 Å². The van der Waals surface area contributed by atoms with Crippen LogP contribution < -0.4 is 14.4 Å². The second-order valence-corrected chi connectivity index (χ2v) is 8.16. The SMILES string of the molecule is CCOc1ccc(N2C(=O)/C(=C/c3ccc(OCc4ccccc4Cl)cc3)N(C)C2=S)cc1. The molecule has 4 rings (SSSR count). The van der Waals surface area contributed by atoms with Gasteiger partial charge in [-0.3, -0.25) is 9.69 Å². The fourth-order valence-electron chi connectivity index (χ4n) is 3.44. The zero-order chi connectivity index (χ0) is 23.4. The van der Waals surface area contributed by atoms with Crippen molar-refractivity contribution in [3.8, 4) is 11.5 Å². The van der Waals surface area contributed by atoms with Gasteiger partial charge in [-0.1, -0.05) is 41.9 Å². The normalized spacial score (nSPS) is 14.8. The molecule has 0 aliphatic carbocycles. The quantitative estimate of drug-likeness (QED) is 0.311. The number of hydrogen-bond acceptors (Lipinski definition) is 4. The van der Waals surface area contributed by atoms with E-state index in [1.54, 1.807) is 11.9 Å². The average molecular weight is 479 g/mol. The molecule has 3 aromatic rings.